The molecule has 0 spiro atoms. The summed E-state index contributed by atoms with van der Waals surface area (Å²) in [5.41, 5.74) is -0.586. The number of ether oxygens (including phenoxy) is 2. The van der Waals surface area contributed by atoms with E-state index >= 15 is 0 Å². The van der Waals surface area contributed by atoms with Crippen molar-refractivity contribution in [1.82, 2.24) is 0 Å². The lowest BCUT2D eigenvalue weighted by molar-refractivity contribution is -0.169. The van der Waals surface area contributed by atoms with Crippen LogP contribution in [0.4, 0.5) is 0 Å². The highest BCUT2D eigenvalue weighted by atomic mass is 16.6. The number of rotatable bonds is 6. The summed E-state index contributed by atoms with van der Waals surface area (Å²) < 4.78 is 10.7. The van der Waals surface area contributed by atoms with Crippen LogP contribution in [0.5, 0.6) is 0 Å². The molecule has 0 N–H and O–H groups in total. The van der Waals surface area contributed by atoms with Gasteiger partial charge in [0.2, 0.25) is 0 Å². The topological polar surface area (TPSA) is 52.6 Å². The molecule has 4 nitrogen and oxygen atoms in total. The Hall–Kier alpha value is -1.32. The molecule has 2 saturated carbocycles. The molecule has 0 aromatic carbocycles. The lowest BCUT2D eigenvalue weighted by Gasteiger charge is -2.32. The number of unbranched alkanes of at least 4 members (excludes halogenated alkanes) is 1. The lowest BCUT2D eigenvalue weighted by Crippen LogP contribution is -2.42. The van der Waals surface area contributed by atoms with Crippen LogP contribution in [0.2, 0.25) is 0 Å². The predicted octanol–water partition coefficient (Wildman–Crippen LogP) is 2.62. The van der Waals surface area contributed by atoms with Crippen molar-refractivity contribution in [2.24, 2.45) is 11.3 Å². The van der Waals surface area contributed by atoms with Crippen LogP contribution >= 0.6 is 0 Å². The average Bonchev–Trinajstić information content (AvgIpc) is 2.97. The summed E-state index contributed by atoms with van der Waals surface area (Å²) in [4.78, 5) is 23.7. The molecular weight excluding hydrogens is 244 g/mol. The molecular formula is C15H22O4. The molecule has 0 aliphatic heterocycles. The first kappa shape index (κ1) is 14.1. The molecule has 0 amide bonds. The highest BCUT2D eigenvalue weighted by Gasteiger charge is 2.59. The summed E-state index contributed by atoms with van der Waals surface area (Å²) in [7, 11) is 0. The number of esters is 2. The molecule has 4 heteroatoms. The Morgan fingerprint density at radius 3 is 2.89 bits per heavy atom. The van der Waals surface area contributed by atoms with Crippen molar-refractivity contribution >= 4 is 11.9 Å². The van der Waals surface area contributed by atoms with Crippen LogP contribution in [-0.4, -0.2) is 24.6 Å². The molecule has 0 heterocycles. The van der Waals surface area contributed by atoms with Crippen LogP contribution in [-0.2, 0) is 19.1 Å². The molecule has 3 atom stereocenters. The second-order valence-electron chi connectivity index (χ2n) is 5.62. The fraction of sp³-hybridized carbons (Fsp3) is 0.733. The van der Waals surface area contributed by atoms with Crippen LogP contribution in [0.1, 0.15) is 45.4 Å². The van der Waals surface area contributed by atoms with Crippen molar-refractivity contribution in [3.63, 3.8) is 0 Å². The smallest absolute Gasteiger partial charge is 0.330 e. The summed E-state index contributed by atoms with van der Waals surface area (Å²) in [6, 6.07) is 0. The lowest BCUT2D eigenvalue weighted by atomic mass is 9.81. The number of hydrogen-bond acceptors (Lipinski definition) is 4. The normalized spacial score (nSPS) is 32.1. The minimum absolute atomic E-state index is 0.178. The molecule has 2 bridgehead atoms. The van der Waals surface area contributed by atoms with Gasteiger partial charge in [-0.05, 0) is 38.0 Å². The van der Waals surface area contributed by atoms with Gasteiger partial charge in [-0.25, -0.2) is 4.79 Å². The van der Waals surface area contributed by atoms with Crippen LogP contribution in [0, 0.1) is 11.3 Å². The Labute approximate surface area is 114 Å². The summed E-state index contributed by atoms with van der Waals surface area (Å²) in [6.45, 7) is 5.92. The van der Waals surface area contributed by atoms with Gasteiger partial charge in [-0.15, -0.1) is 0 Å². The summed E-state index contributed by atoms with van der Waals surface area (Å²) in [6.07, 6.45) is 6.09. The molecule has 0 aromatic heterocycles. The van der Waals surface area contributed by atoms with E-state index < -0.39 is 11.4 Å². The van der Waals surface area contributed by atoms with E-state index in [2.05, 4.69) is 13.5 Å². The van der Waals surface area contributed by atoms with Gasteiger partial charge in [-0.3, -0.25) is 4.79 Å². The van der Waals surface area contributed by atoms with Gasteiger partial charge in [0.25, 0.3) is 0 Å². The molecule has 2 fully saturated rings. The summed E-state index contributed by atoms with van der Waals surface area (Å²) in [5, 5.41) is 0. The quantitative estimate of drug-likeness (QED) is 0.421. The van der Waals surface area contributed by atoms with Crippen molar-refractivity contribution in [2.75, 3.05) is 6.61 Å². The van der Waals surface area contributed by atoms with Crippen molar-refractivity contribution in [1.29, 1.82) is 0 Å². The molecule has 2 aliphatic rings. The maximum Gasteiger partial charge on any atom is 0.330 e. The number of fused-ring (bicyclic) bond motifs is 2. The minimum Gasteiger partial charge on any atom is -0.465 e. The SMILES string of the molecule is C=CC(=O)OC1CC2CCC1(C(=O)OCCCC)C2. The first-order valence-corrected chi connectivity index (χ1v) is 7.12. The van der Waals surface area contributed by atoms with E-state index in [9.17, 15) is 9.59 Å². The number of hydrogen-bond donors (Lipinski definition) is 0. The Morgan fingerprint density at radius 2 is 2.26 bits per heavy atom. The number of carbonyl (C=O) groups is 2. The fourth-order valence-corrected chi connectivity index (χ4v) is 3.32. The fourth-order valence-electron chi connectivity index (χ4n) is 3.32. The van der Waals surface area contributed by atoms with Crippen LogP contribution < -0.4 is 0 Å². The minimum atomic E-state index is -0.586. The van der Waals surface area contributed by atoms with Gasteiger partial charge in [-0.1, -0.05) is 19.9 Å². The third kappa shape index (κ3) is 2.67. The van der Waals surface area contributed by atoms with Crippen molar-refractivity contribution in [3.05, 3.63) is 12.7 Å². The van der Waals surface area contributed by atoms with Crippen molar-refractivity contribution in [2.45, 2.75) is 51.6 Å². The van der Waals surface area contributed by atoms with E-state index in [0.717, 1.165) is 44.6 Å². The highest BCUT2D eigenvalue weighted by Crippen LogP contribution is 2.56. The van der Waals surface area contributed by atoms with E-state index in [0.29, 0.717) is 12.5 Å². The summed E-state index contributed by atoms with van der Waals surface area (Å²) in [5.74, 6) is -0.137. The average molecular weight is 266 g/mol. The number of carbonyl (C=O) groups excluding carboxylic acids is 2. The standard InChI is InChI=1S/C15H22O4/c1-3-5-8-18-14(17)15-7-6-11(10-15)9-12(15)19-13(16)4-2/h4,11-12H,2-3,5-10H2,1H3. The maximum absolute atomic E-state index is 12.3. The maximum atomic E-state index is 12.3. The molecule has 19 heavy (non-hydrogen) atoms. The van der Waals surface area contributed by atoms with Gasteiger partial charge in [0.05, 0.1) is 6.61 Å². The molecule has 0 saturated heterocycles. The Balaban J connectivity index is 2.02. The molecule has 2 rings (SSSR count). The third-order valence-corrected chi connectivity index (χ3v) is 4.38. The predicted molar refractivity (Wildman–Crippen MR) is 70.3 cm³/mol. The zero-order valence-corrected chi connectivity index (χ0v) is 11.5. The highest BCUT2D eigenvalue weighted by molar-refractivity contribution is 5.83. The molecule has 0 aromatic rings. The monoisotopic (exact) mass is 266 g/mol. The van der Waals surface area contributed by atoms with Gasteiger partial charge in [0.1, 0.15) is 11.5 Å². The van der Waals surface area contributed by atoms with Gasteiger partial charge in [-0.2, -0.15) is 0 Å². The Bertz CT molecular complexity index is 376. The first-order chi connectivity index (χ1) is 9.12. The second kappa shape index (κ2) is 5.76. The zero-order valence-electron chi connectivity index (χ0n) is 11.5. The third-order valence-electron chi connectivity index (χ3n) is 4.38. The Morgan fingerprint density at radius 1 is 1.47 bits per heavy atom. The summed E-state index contributed by atoms with van der Waals surface area (Å²) >= 11 is 0. The van der Waals surface area contributed by atoms with Crippen LogP contribution in [0.3, 0.4) is 0 Å². The molecule has 106 valence electrons. The van der Waals surface area contributed by atoms with E-state index in [1.54, 1.807) is 0 Å². The van der Waals surface area contributed by atoms with E-state index in [1.807, 2.05) is 0 Å². The molecule has 0 radical (unpaired) electrons. The van der Waals surface area contributed by atoms with Gasteiger partial charge in [0.15, 0.2) is 0 Å². The van der Waals surface area contributed by atoms with Crippen LogP contribution in [0.25, 0.3) is 0 Å². The van der Waals surface area contributed by atoms with Gasteiger partial charge in [0, 0.05) is 6.08 Å². The first-order valence-electron chi connectivity index (χ1n) is 7.12. The van der Waals surface area contributed by atoms with Crippen molar-refractivity contribution < 1.29 is 19.1 Å². The van der Waals surface area contributed by atoms with Crippen molar-refractivity contribution in [3.8, 4) is 0 Å². The van der Waals surface area contributed by atoms with E-state index in [1.165, 1.54) is 0 Å². The largest absolute Gasteiger partial charge is 0.465 e. The zero-order chi connectivity index (χ0) is 13.9. The Kier molecular flexibility index (Phi) is 4.27. The van der Waals surface area contributed by atoms with E-state index in [4.69, 9.17) is 9.47 Å². The van der Waals surface area contributed by atoms with Gasteiger partial charge < -0.3 is 9.47 Å². The van der Waals surface area contributed by atoms with Crippen LogP contribution in [0.15, 0.2) is 12.7 Å². The van der Waals surface area contributed by atoms with E-state index in [-0.39, 0.29) is 12.1 Å². The molecule has 2 aliphatic carbocycles. The van der Waals surface area contributed by atoms with Gasteiger partial charge >= 0.3 is 11.9 Å². The molecule has 3 unspecified atom stereocenters. The second-order valence-corrected chi connectivity index (χ2v) is 5.62.